The summed E-state index contributed by atoms with van der Waals surface area (Å²) in [5.74, 6) is 0. The molecule has 1 aliphatic heterocycles. The Morgan fingerprint density at radius 1 is 1.42 bits per heavy atom. The minimum Gasteiger partial charge on any atom is -0.393 e. The molecule has 106 valence electrons. The molecule has 2 rings (SSSR count). The van der Waals surface area contributed by atoms with Gasteiger partial charge in [-0.3, -0.25) is 0 Å². The summed E-state index contributed by atoms with van der Waals surface area (Å²) >= 11 is 3.57. The predicted molar refractivity (Wildman–Crippen MR) is 83.7 cm³/mol. The summed E-state index contributed by atoms with van der Waals surface area (Å²) in [6.45, 7) is 7.17. The number of hydrogen-bond donors (Lipinski definition) is 2. The second-order valence-corrected chi connectivity index (χ2v) is 6.12. The lowest BCUT2D eigenvalue weighted by molar-refractivity contribution is 0.145. The van der Waals surface area contributed by atoms with Gasteiger partial charge in [0.05, 0.1) is 6.10 Å². The fourth-order valence-corrected chi connectivity index (χ4v) is 3.03. The highest BCUT2D eigenvalue weighted by molar-refractivity contribution is 9.10. The number of benzene rings is 1. The van der Waals surface area contributed by atoms with E-state index in [1.807, 2.05) is 0 Å². The van der Waals surface area contributed by atoms with Crippen molar-refractivity contribution >= 4 is 21.6 Å². The molecule has 1 saturated heterocycles. The average molecular weight is 327 g/mol. The van der Waals surface area contributed by atoms with Gasteiger partial charge in [-0.15, -0.1) is 0 Å². The minimum absolute atomic E-state index is 0.127. The number of anilines is 1. The zero-order valence-electron chi connectivity index (χ0n) is 11.7. The Hall–Kier alpha value is -0.580. The van der Waals surface area contributed by atoms with Gasteiger partial charge in [-0.1, -0.05) is 28.9 Å². The first-order valence-corrected chi connectivity index (χ1v) is 7.87. The van der Waals surface area contributed by atoms with Crippen LogP contribution in [0.1, 0.15) is 38.3 Å². The van der Waals surface area contributed by atoms with Crippen LogP contribution in [0.25, 0.3) is 0 Å². The molecule has 0 bridgehead atoms. The van der Waals surface area contributed by atoms with Gasteiger partial charge in [0.25, 0.3) is 0 Å². The van der Waals surface area contributed by atoms with Crippen molar-refractivity contribution in [1.82, 2.24) is 5.32 Å². The molecule has 0 saturated carbocycles. The van der Waals surface area contributed by atoms with Crippen molar-refractivity contribution in [3.8, 4) is 0 Å². The number of nitrogens with zero attached hydrogens (tertiary/aromatic N) is 1. The summed E-state index contributed by atoms with van der Waals surface area (Å²) < 4.78 is 1.11. The van der Waals surface area contributed by atoms with Crippen molar-refractivity contribution in [2.24, 2.45) is 0 Å². The number of piperidine rings is 1. The average Bonchev–Trinajstić information content (AvgIpc) is 2.39. The van der Waals surface area contributed by atoms with E-state index in [-0.39, 0.29) is 6.10 Å². The summed E-state index contributed by atoms with van der Waals surface area (Å²) in [6.07, 6.45) is 1.60. The van der Waals surface area contributed by atoms with Crippen LogP contribution in [-0.2, 0) is 0 Å². The van der Waals surface area contributed by atoms with Gasteiger partial charge in [0.1, 0.15) is 0 Å². The molecule has 1 atom stereocenters. The molecule has 2 N–H and O–H groups in total. The van der Waals surface area contributed by atoms with Gasteiger partial charge in [-0.05, 0) is 44.0 Å². The second kappa shape index (κ2) is 6.73. The Kier molecular flexibility index (Phi) is 5.25. The van der Waals surface area contributed by atoms with Crippen LogP contribution in [0, 0.1) is 0 Å². The third-order valence-electron chi connectivity index (χ3n) is 3.77. The molecular weight excluding hydrogens is 304 g/mol. The number of hydrogen-bond acceptors (Lipinski definition) is 3. The first-order valence-electron chi connectivity index (χ1n) is 7.07. The predicted octanol–water partition coefficient (Wildman–Crippen LogP) is 3.08. The molecule has 0 aromatic heterocycles. The van der Waals surface area contributed by atoms with E-state index in [4.69, 9.17) is 0 Å². The smallest absolute Gasteiger partial charge is 0.0574 e. The molecule has 0 spiro atoms. The molecule has 0 radical (unpaired) electrons. The first-order chi connectivity index (χ1) is 9.11. The Balaban J connectivity index is 2.24. The van der Waals surface area contributed by atoms with E-state index in [2.05, 4.69) is 58.2 Å². The maximum absolute atomic E-state index is 9.64. The molecule has 1 aromatic carbocycles. The van der Waals surface area contributed by atoms with E-state index < -0.39 is 0 Å². The largest absolute Gasteiger partial charge is 0.393 e. The van der Waals surface area contributed by atoms with Gasteiger partial charge in [0.15, 0.2) is 0 Å². The highest BCUT2D eigenvalue weighted by atomic mass is 79.9. The van der Waals surface area contributed by atoms with Crippen molar-refractivity contribution in [2.45, 2.75) is 38.8 Å². The van der Waals surface area contributed by atoms with Gasteiger partial charge in [0.2, 0.25) is 0 Å². The van der Waals surface area contributed by atoms with Crippen LogP contribution >= 0.6 is 15.9 Å². The third kappa shape index (κ3) is 3.71. The van der Waals surface area contributed by atoms with E-state index in [1.165, 1.54) is 11.3 Å². The SMILES string of the molecule is CCNC(C)c1ccc(Br)cc1N1CCC(O)CC1. The fraction of sp³-hybridized carbons (Fsp3) is 0.600. The number of nitrogens with one attached hydrogen (secondary N) is 1. The summed E-state index contributed by atoms with van der Waals surface area (Å²) in [7, 11) is 0. The van der Waals surface area contributed by atoms with Crippen molar-refractivity contribution in [1.29, 1.82) is 0 Å². The molecule has 0 aliphatic carbocycles. The molecule has 3 nitrogen and oxygen atoms in total. The van der Waals surface area contributed by atoms with Crippen LogP contribution in [0.3, 0.4) is 0 Å². The topological polar surface area (TPSA) is 35.5 Å². The number of rotatable bonds is 4. The lowest BCUT2D eigenvalue weighted by atomic mass is 10.0. The maximum atomic E-state index is 9.64. The van der Waals surface area contributed by atoms with Crippen LogP contribution < -0.4 is 10.2 Å². The first kappa shape index (κ1) is 14.8. The quantitative estimate of drug-likeness (QED) is 0.892. The number of aliphatic hydroxyl groups excluding tert-OH is 1. The maximum Gasteiger partial charge on any atom is 0.0574 e. The zero-order chi connectivity index (χ0) is 13.8. The van der Waals surface area contributed by atoms with Gasteiger partial charge >= 0.3 is 0 Å². The molecule has 1 unspecified atom stereocenters. The van der Waals surface area contributed by atoms with Crippen LogP contribution in [0.2, 0.25) is 0 Å². The summed E-state index contributed by atoms with van der Waals surface area (Å²) in [4.78, 5) is 2.39. The Bertz CT molecular complexity index is 417. The van der Waals surface area contributed by atoms with Crippen molar-refractivity contribution in [3.05, 3.63) is 28.2 Å². The van der Waals surface area contributed by atoms with Crippen LogP contribution in [-0.4, -0.2) is 30.8 Å². The summed E-state index contributed by atoms with van der Waals surface area (Å²) in [5.41, 5.74) is 2.62. The second-order valence-electron chi connectivity index (χ2n) is 5.20. The fourth-order valence-electron chi connectivity index (χ4n) is 2.68. The monoisotopic (exact) mass is 326 g/mol. The van der Waals surface area contributed by atoms with E-state index in [0.717, 1.165) is 36.9 Å². The van der Waals surface area contributed by atoms with Gasteiger partial charge < -0.3 is 15.3 Å². The van der Waals surface area contributed by atoms with E-state index in [0.29, 0.717) is 6.04 Å². The van der Waals surface area contributed by atoms with Crippen molar-refractivity contribution in [3.63, 3.8) is 0 Å². The Morgan fingerprint density at radius 2 is 2.11 bits per heavy atom. The van der Waals surface area contributed by atoms with Gasteiger partial charge in [-0.2, -0.15) is 0 Å². The Morgan fingerprint density at radius 3 is 2.74 bits per heavy atom. The van der Waals surface area contributed by atoms with E-state index >= 15 is 0 Å². The molecule has 1 heterocycles. The minimum atomic E-state index is -0.127. The van der Waals surface area contributed by atoms with E-state index in [9.17, 15) is 5.11 Å². The lowest BCUT2D eigenvalue weighted by Gasteiger charge is -2.34. The molecule has 4 heteroatoms. The van der Waals surface area contributed by atoms with Crippen LogP contribution in [0.4, 0.5) is 5.69 Å². The number of halogens is 1. The van der Waals surface area contributed by atoms with Gasteiger partial charge in [-0.25, -0.2) is 0 Å². The molecular formula is C15H23BrN2O. The summed E-state index contributed by atoms with van der Waals surface area (Å²) in [6, 6.07) is 6.84. The summed E-state index contributed by atoms with van der Waals surface area (Å²) in [5, 5.41) is 13.1. The highest BCUT2D eigenvalue weighted by Crippen LogP contribution is 2.31. The normalized spacial score (nSPS) is 18.6. The molecule has 1 fully saturated rings. The molecule has 0 amide bonds. The van der Waals surface area contributed by atoms with Crippen molar-refractivity contribution in [2.75, 3.05) is 24.5 Å². The van der Waals surface area contributed by atoms with Crippen LogP contribution in [0.15, 0.2) is 22.7 Å². The standard InChI is InChI=1S/C15H23BrN2O/c1-3-17-11(2)14-5-4-12(16)10-15(14)18-8-6-13(19)7-9-18/h4-5,10-11,13,17,19H,3,6-9H2,1-2H3. The van der Waals surface area contributed by atoms with Gasteiger partial charge in [0, 0.05) is 29.3 Å². The third-order valence-corrected chi connectivity index (χ3v) is 4.27. The molecule has 1 aromatic rings. The molecule has 19 heavy (non-hydrogen) atoms. The zero-order valence-corrected chi connectivity index (χ0v) is 13.3. The Labute approximate surface area is 124 Å². The molecule has 1 aliphatic rings. The van der Waals surface area contributed by atoms with Crippen LogP contribution in [0.5, 0.6) is 0 Å². The lowest BCUT2D eigenvalue weighted by Crippen LogP contribution is -2.37. The van der Waals surface area contributed by atoms with Crippen molar-refractivity contribution < 1.29 is 5.11 Å². The van der Waals surface area contributed by atoms with E-state index in [1.54, 1.807) is 0 Å². The highest BCUT2D eigenvalue weighted by Gasteiger charge is 2.21. The number of aliphatic hydroxyl groups is 1.